The molecule has 0 aliphatic heterocycles. The third kappa shape index (κ3) is 5.56. The van der Waals surface area contributed by atoms with Crippen LogP contribution in [0.3, 0.4) is 0 Å². The second-order valence-electron chi connectivity index (χ2n) is 2.28. The molecule has 2 nitrogen and oxygen atoms in total. The summed E-state index contributed by atoms with van der Waals surface area (Å²) < 4.78 is 0. The first-order valence-corrected chi connectivity index (χ1v) is 3.83. The van der Waals surface area contributed by atoms with Crippen molar-refractivity contribution in [1.82, 2.24) is 0 Å². The lowest BCUT2D eigenvalue weighted by Crippen LogP contribution is -1.83. The Balaban J connectivity index is 4.19. The van der Waals surface area contributed by atoms with Crippen LogP contribution in [0.2, 0.25) is 0 Å². The Morgan fingerprint density at radius 2 is 1.92 bits per heavy atom. The van der Waals surface area contributed by atoms with E-state index < -0.39 is 0 Å². The van der Waals surface area contributed by atoms with Crippen LogP contribution in [0, 0.1) is 0 Å². The van der Waals surface area contributed by atoms with Gasteiger partial charge in [0.1, 0.15) is 0 Å². The van der Waals surface area contributed by atoms with Crippen LogP contribution in [0.4, 0.5) is 0 Å². The maximum atomic E-state index is 3.83. The molecule has 0 amide bonds. The van der Waals surface area contributed by atoms with Crippen molar-refractivity contribution in [2.45, 2.75) is 0 Å². The first-order valence-electron chi connectivity index (χ1n) is 3.83. The fourth-order valence-electron chi connectivity index (χ4n) is 0.578. The van der Waals surface area contributed by atoms with Gasteiger partial charge in [-0.05, 0) is 17.2 Å². The predicted molar refractivity (Wildman–Crippen MR) is 60.5 cm³/mol. The molecular weight excluding hydrogens is 160 g/mol. The second kappa shape index (κ2) is 6.98. The Labute approximate surface area is 79.4 Å². The van der Waals surface area contributed by atoms with Gasteiger partial charge in [-0.2, -0.15) is 0 Å². The van der Waals surface area contributed by atoms with Crippen LogP contribution in [0.25, 0.3) is 0 Å². The van der Waals surface area contributed by atoms with Crippen molar-refractivity contribution in [2.75, 3.05) is 7.05 Å². The zero-order chi connectivity index (χ0) is 10.1. The summed E-state index contributed by atoms with van der Waals surface area (Å²) in [6, 6.07) is 0. The van der Waals surface area contributed by atoms with Gasteiger partial charge in [-0.25, -0.2) is 0 Å². The molecule has 0 atom stereocenters. The highest BCUT2D eigenvalue weighted by Gasteiger charge is 1.89. The number of nitrogens with zero attached hydrogens (tertiary/aromatic N) is 2. The van der Waals surface area contributed by atoms with Gasteiger partial charge in [0.15, 0.2) is 0 Å². The third-order valence-corrected chi connectivity index (χ3v) is 1.28. The van der Waals surface area contributed by atoms with Crippen LogP contribution in [-0.2, 0) is 0 Å². The third-order valence-electron chi connectivity index (χ3n) is 1.28. The van der Waals surface area contributed by atoms with Gasteiger partial charge in [0.25, 0.3) is 0 Å². The molecule has 0 bridgehead atoms. The van der Waals surface area contributed by atoms with Gasteiger partial charge >= 0.3 is 0 Å². The molecule has 0 rings (SSSR count). The molecule has 0 heterocycles. The number of rotatable bonds is 5. The predicted octanol–water partition coefficient (Wildman–Crippen LogP) is 2.57. The zero-order valence-corrected chi connectivity index (χ0v) is 7.90. The average Bonchev–Trinajstić information content (AvgIpc) is 2.14. The summed E-state index contributed by atoms with van der Waals surface area (Å²) in [4.78, 5) is 7.63. The number of allylic oxidation sites excluding steroid dienone is 4. The molecule has 13 heavy (non-hydrogen) atoms. The molecule has 0 fully saturated rings. The lowest BCUT2D eigenvalue weighted by atomic mass is 10.1. The molecule has 0 aliphatic rings. The Bertz CT molecular complexity index is 280. The first-order chi connectivity index (χ1) is 6.22. The van der Waals surface area contributed by atoms with Crippen molar-refractivity contribution in [3.63, 3.8) is 0 Å². The van der Waals surface area contributed by atoms with Crippen molar-refractivity contribution in [1.29, 1.82) is 0 Å². The van der Waals surface area contributed by atoms with Gasteiger partial charge in [-0.1, -0.05) is 25.8 Å². The fraction of sp³-hybridized carbons (Fsp3) is 0.0909. The molecule has 0 aromatic carbocycles. The topological polar surface area (TPSA) is 24.7 Å². The molecule has 0 aromatic heterocycles. The van der Waals surface area contributed by atoms with E-state index in [4.69, 9.17) is 0 Å². The highest BCUT2D eigenvalue weighted by Crippen LogP contribution is 2.03. The van der Waals surface area contributed by atoms with Crippen LogP contribution < -0.4 is 0 Å². The number of hydrogen-bond donors (Lipinski definition) is 0. The summed E-state index contributed by atoms with van der Waals surface area (Å²) in [7, 11) is 1.71. The van der Waals surface area contributed by atoms with Crippen LogP contribution in [0.15, 0.2) is 59.2 Å². The maximum absolute atomic E-state index is 3.83. The minimum Gasteiger partial charge on any atom is -0.297 e. The molecule has 68 valence electrons. The lowest BCUT2D eigenvalue weighted by Gasteiger charge is -1.95. The standard InChI is InChI=1S/C11H14N2/c1-5-13-9-11(3)10(2)7-6-8-12-4/h5-9H,1-3H2,4H3/b7-6-,12-8-,13-9-. The van der Waals surface area contributed by atoms with E-state index >= 15 is 0 Å². The van der Waals surface area contributed by atoms with Crippen LogP contribution in [-0.4, -0.2) is 19.5 Å². The molecule has 0 spiro atoms. The minimum absolute atomic E-state index is 0.764. The van der Waals surface area contributed by atoms with Gasteiger partial charge in [-0.3, -0.25) is 9.98 Å². The highest BCUT2D eigenvalue weighted by molar-refractivity contribution is 5.86. The summed E-state index contributed by atoms with van der Waals surface area (Å²) in [5.41, 5.74) is 1.58. The van der Waals surface area contributed by atoms with Crippen LogP contribution in [0.5, 0.6) is 0 Å². The first kappa shape index (κ1) is 11.3. The molecule has 0 unspecified atom stereocenters. The number of hydrogen-bond acceptors (Lipinski definition) is 2. The van der Waals surface area contributed by atoms with E-state index in [-0.39, 0.29) is 0 Å². The number of aliphatic imine (C=N–C) groups is 2. The van der Waals surface area contributed by atoms with E-state index in [0.717, 1.165) is 11.1 Å². The molecule has 0 aromatic rings. The molecule has 0 saturated carbocycles. The van der Waals surface area contributed by atoms with Gasteiger partial charge < -0.3 is 0 Å². The molecule has 0 N–H and O–H groups in total. The van der Waals surface area contributed by atoms with E-state index in [1.807, 2.05) is 6.08 Å². The molecule has 2 heteroatoms. The van der Waals surface area contributed by atoms with Crippen molar-refractivity contribution >= 4 is 12.4 Å². The Morgan fingerprint density at radius 1 is 1.23 bits per heavy atom. The van der Waals surface area contributed by atoms with Gasteiger partial charge in [0.2, 0.25) is 0 Å². The molecule has 0 saturated heterocycles. The van der Waals surface area contributed by atoms with E-state index in [1.54, 1.807) is 25.6 Å². The Morgan fingerprint density at radius 3 is 2.46 bits per heavy atom. The van der Waals surface area contributed by atoms with Crippen molar-refractivity contribution in [3.05, 3.63) is 49.2 Å². The van der Waals surface area contributed by atoms with Gasteiger partial charge in [0.05, 0.1) is 0 Å². The van der Waals surface area contributed by atoms with Gasteiger partial charge in [-0.15, -0.1) is 0 Å². The van der Waals surface area contributed by atoms with Crippen molar-refractivity contribution in [3.8, 4) is 0 Å². The zero-order valence-electron chi connectivity index (χ0n) is 7.90. The normalized spacial score (nSPS) is 11.5. The van der Waals surface area contributed by atoms with E-state index in [1.165, 1.54) is 6.20 Å². The van der Waals surface area contributed by atoms with Crippen LogP contribution in [0.1, 0.15) is 0 Å². The largest absolute Gasteiger partial charge is 0.297 e. The second-order valence-corrected chi connectivity index (χ2v) is 2.28. The molecule has 0 radical (unpaired) electrons. The van der Waals surface area contributed by atoms with E-state index in [0.29, 0.717) is 0 Å². The SMILES string of the molecule is C=C/N=C\C(=C)C(=C)/C=C\C=N/C. The summed E-state index contributed by atoms with van der Waals surface area (Å²) >= 11 is 0. The molecular formula is C11H14N2. The minimum atomic E-state index is 0.764. The highest BCUT2D eigenvalue weighted by atomic mass is 14.7. The Kier molecular flexibility index (Phi) is 6.06. The summed E-state index contributed by atoms with van der Waals surface area (Å²) in [5.74, 6) is 0. The molecule has 0 aliphatic carbocycles. The average molecular weight is 174 g/mol. The Hall–Kier alpha value is -1.70. The maximum Gasteiger partial charge on any atom is 0.0339 e. The van der Waals surface area contributed by atoms with Crippen molar-refractivity contribution < 1.29 is 0 Å². The summed E-state index contributed by atoms with van der Waals surface area (Å²) in [5, 5.41) is 0. The van der Waals surface area contributed by atoms with Crippen LogP contribution >= 0.6 is 0 Å². The van der Waals surface area contributed by atoms with E-state index in [9.17, 15) is 0 Å². The lowest BCUT2D eigenvalue weighted by molar-refractivity contribution is 1.47. The smallest absolute Gasteiger partial charge is 0.0339 e. The monoisotopic (exact) mass is 174 g/mol. The summed E-state index contributed by atoms with van der Waals surface area (Å²) in [6.07, 6.45) is 8.38. The van der Waals surface area contributed by atoms with Gasteiger partial charge in [0, 0.05) is 25.7 Å². The summed E-state index contributed by atoms with van der Waals surface area (Å²) in [6.45, 7) is 11.0. The fourth-order valence-corrected chi connectivity index (χ4v) is 0.578. The quantitative estimate of drug-likeness (QED) is 0.452. The van der Waals surface area contributed by atoms with E-state index in [2.05, 4.69) is 29.7 Å². The van der Waals surface area contributed by atoms with Crippen molar-refractivity contribution in [2.24, 2.45) is 9.98 Å².